The lowest BCUT2D eigenvalue weighted by molar-refractivity contribution is 0.357. The van der Waals surface area contributed by atoms with Gasteiger partial charge in [-0.1, -0.05) is 12.1 Å². The molecule has 0 spiro atoms. The van der Waals surface area contributed by atoms with E-state index in [2.05, 4.69) is 33.8 Å². The first-order valence-corrected chi connectivity index (χ1v) is 7.40. The lowest BCUT2D eigenvalue weighted by Crippen LogP contribution is -2.45. The zero-order valence-corrected chi connectivity index (χ0v) is 11.9. The Morgan fingerprint density at radius 3 is 2.95 bits per heavy atom. The minimum absolute atomic E-state index is 0.240. The van der Waals surface area contributed by atoms with Gasteiger partial charge in [-0.2, -0.15) is 0 Å². The van der Waals surface area contributed by atoms with Crippen molar-refractivity contribution < 1.29 is 5.11 Å². The van der Waals surface area contributed by atoms with Crippen molar-refractivity contribution in [3.63, 3.8) is 0 Å². The number of nitrogens with one attached hydrogen (secondary N) is 2. The summed E-state index contributed by atoms with van der Waals surface area (Å²) < 4.78 is 0. The number of phenols is 1. The molecule has 1 saturated heterocycles. The highest BCUT2D eigenvalue weighted by Crippen LogP contribution is 2.41. The van der Waals surface area contributed by atoms with Crippen molar-refractivity contribution in [1.29, 1.82) is 0 Å². The molecule has 0 bridgehead atoms. The van der Waals surface area contributed by atoms with E-state index >= 15 is 0 Å². The molecule has 2 aliphatic rings. The number of nitrogens with zero attached hydrogens (tertiary/aromatic N) is 2. The van der Waals surface area contributed by atoms with E-state index in [0.717, 1.165) is 30.0 Å². The number of hydrogen-bond acceptors (Lipinski definition) is 5. The minimum Gasteiger partial charge on any atom is -0.507 e. The Bertz CT molecular complexity index is 688. The van der Waals surface area contributed by atoms with Gasteiger partial charge in [-0.15, -0.1) is 10.2 Å². The number of phenolic OH excluding ortho intramolecular Hbond substituents is 1. The van der Waals surface area contributed by atoms with Crippen LogP contribution in [0.3, 0.4) is 0 Å². The average Bonchev–Trinajstić information content (AvgIpc) is 2.86. The molecule has 108 valence electrons. The molecule has 4 rings (SSSR count). The largest absolute Gasteiger partial charge is 0.507 e. The maximum absolute atomic E-state index is 10.0. The minimum atomic E-state index is 0.240. The Morgan fingerprint density at radius 2 is 2.10 bits per heavy atom. The lowest BCUT2D eigenvalue weighted by atomic mass is 9.84. The molecule has 3 unspecified atom stereocenters. The quantitative estimate of drug-likeness (QED) is 0.747. The van der Waals surface area contributed by atoms with Crippen LogP contribution in [0.15, 0.2) is 30.3 Å². The Balaban J connectivity index is 1.79. The van der Waals surface area contributed by atoms with Crippen LogP contribution < -0.4 is 10.6 Å². The summed E-state index contributed by atoms with van der Waals surface area (Å²) in [6, 6.07) is 10.2. The van der Waals surface area contributed by atoms with Crippen LogP contribution in [0.25, 0.3) is 11.3 Å². The second kappa shape index (κ2) is 4.70. The number of piperidine rings is 1. The molecule has 1 fully saturated rings. The van der Waals surface area contributed by atoms with Crippen LogP contribution in [-0.4, -0.2) is 33.9 Å². The number of aromatic nitrogens is 2. The predicted octanol–water partition coefficient (Wildman–Crippen LogP) is 2.11. The van der Waals surface area contributed by atoms with Crippen molar-refractivity contribution >= 4 is 5.82 Å². The molecule has 3 N–H and O–H groups in total. The third-order valence-corrected chi connectivity index (χ3v) is 4.58. The molecular formula is C16H18N4O. The summed E-state index contributed by atoms with van der Waals surface area (Å²) in [4.78, 5) is 0. The van der Waals surface area contributed by atoms with Crippen LogP contribution in [-0.2, 0) is 0 Å². The average molecular weight is 282 g/mol. The van der Waals surface area contributed by atoms with Crippen molar-refractivity contribution in [2.75, 3.05) is 11.9 Å². The van der Waals surface area contributed by atoms with E-state index < -0.39 is 0 Å². The van der Waals surface area contributed by atoms with E-state index in [4.69, 9.17) is 0 Å². The van der Waals surface area contributed by atoms with E-state index in [1.165, 1.54) is 5.56 Å². The summed E-state index contributed by atoms with van der Waals surface area (Å²) >= 11 is 0. The molecule has 5 nitrogen and oxygen atoms in total. The number of fused-ring (bicyclic) bond motifs is 3. The molecule has 2 aromatic rings. The molecular weight excluding hydrogens is 264 g/mol. The van der Waals surface area contributed by atoms with Crippen molar-refractivity contribution in [3.8, 4) is 17.0 Å². The molecule has 1 aromatic heterocycles. The molecule has 0 radical (unpaired) electrons. The van der Waals surface area contributed by atoms with E-state index in [-0.39, 0.29) is 5.75 Å². The number of hydrogen-bond donors (Lipinski definition) is 3. The first-order chi connectivity index (χ1) is 10.2. The fraction of sp³-hybridized carbons (Fsp3) is 0.375. The SMILES string of the molecule is CC1NCCC2Nc3nnc(-c4ccccc4O)cc3C12. The van der Waals surface area contributed by atoms with Crippen molar-refractivity contribution in [3.05, 3.63) is 35.9 Å². The smallest absolute Gasteiger partial charge is 0.152 e. The normalized spacial score (nSPS) is 26.8. The Morgan fingerprint density at radius 1 is 1.24 bits per heavy atom. The van der Waals surface area contributed by atoms with Crippen molar-refractivity contribution in [1.82, 2.24) is 15.5 Å². The second-order valence-electron chi connectivity index (χ2n) is 5.86. The van der Waals surface area contributed by atoms with Crippen LogP contribution in [0.1, 0.15) is 24.8 Å². The number of benzene rings is 1. The summed E-state index contributed by atoms with van der Waals surface area (Å²) in [5, 5.41) is 25.6. The maximum atomic E-state index is 10.0. The van der Waals surface area contributed by atoms with Gasteiger partial charge in [0, 0.05) is 29.1 Å². The molecule has 3 atom stereocenters. The first-order valence-electron chi connectivity index (χ1n) is 7.40. The van der Waals surface area contributed by atoms with E-state index in [0.29, 0.717) is 18.0 Å². The molecule has 0 aliphatic carbocycles. The van der Waals surface area contributed by atoms with Gasteiger partial charge in [0.05, 0.1) is 5.69 Å². The monoisotopic (exact) mass is 282 g/mol. The van der Waals surface area contributed by atoms with Gasteiger partial charge < -0.3 is 15.7 Å². The van der Waals surface area contributed by atoms with Gasteiger partial charge in [-0.25, -0.2) is 0 Å². The zero-order chi connectivity index (χ0) is 14.4. The summed E-state index contributed by atoms with van der Waals surface area (Å²) in [6.07, 6.45) is 1.09. The summed E-state index contributed by atoms with van der Waals surface area (Å²) in [6.45, 7) is 3.25. The summed E-state index contributed by atoms with van der Waals surface area (Å²) in [5.41, 5.74) is 2.66. The summed E-state index contributed by atoms with van der Waals surface area (Å²) in [7, 11) is 0. The number of rotatable bonds is 1. The third kappa shape index (κ3) is 1.96. The van der Waals surface area contributed by atoms with E-state index in [1.807, 2.05) is 18.2 Å². The van der Waals surface area contributed by atoms with Crippen LogP contribution in [0.2, 0.25) is 0 Å². The van der Waals surface area contributed by atoms with Gasteiger partial charge in [-0.3, -0.25) is 0 Å². The fourth-order valence-corrected chi connectivity index (χ4v) is 3.54. The molecule has 5 heteroatoms. The van der Waals surface area contributed by atoms with Gasteiger partial charge >= 0.3 is 0 Å². The van der Waals surface area contributed by atoms with Crippen molar-refractivity contribution in [2.24, 2.45) is 0 Å². The van der Waals surface area contributed by atoms with Gasteiger partial charge in [-0.05, 0) is 38.1 Å². The number of aromatic hydroxyl groups is 1. The number of para-hydroxylation sites is 1. The Labute approximate surface area is 123 Å². The van der Waals surface area contributed by atoms with Gasteiger partial charge in [0.25, 0.3) is 0 Å². The highest BCUT2D eigenvalue weighted by Gasteiger charge is 2.39. The van der Waals surface area contributed by atoms with Gasteiger partial charge in [0.2, 0.25) is 0 Å². The van der Waals surface area contributed by atoms with Gasteiger partial charge in [0.15, 0.2) is 5.82 Å². The van der Waals surface area contributed by atoms with Crippen LogP contribution in [0.5, 0.6) is 5.75 Å². The maximum Gasteiger partial charge on any atom is 0.152 e. The predicted molar refractivity (Wildman–Crippen MR) is 81.4 cm³/mol. The first kappa shape index (κ1) is 12.6. The van der Waals surface area contributed by atoms with Crippen LogP contribution in [0.4, 0.5) is 5.82 Å². The van der Waals surface area contributed by atoms with Gasteiger partial charge in [0.1, 0.15) is 5.75 Å². The van der Waals surface area contributed by atoms with Crippen LogP contribution >= 0.6 is 0 Å². The van der Waals surface area contributed by atoms with Crippen LogP contribution in [0, 0.1) is 0 Å². The van der Waals surface area contributed by atoms with E-state index in [1.54, 1.807) is 6.07 Å². The second-order valence-corrected chi connectivity index (χ2v) is 5.86. The molecule has 21 heavy (non-hydrogen) atoms. The Hall–Kier alpha value is -2.14. The highest BCUT2D eigenvalue weighted by atomic mass is 16.3. The number of anilines is 1. The summed E-state index contributed by atoms with van der Waals surface area (Å²) in [5.74, 6) is 1.54. The Kier molecular flexibility index (Phi) is 2.82. The molecule has 0 saturated carbocycles. The fourth-order valence-electron chi connectivity index (χ4n) is 3.54. The van der Waals surface area contributed by atoms with E-state index in [9.17, 15) is 5.11 Å². The highest BCUT2D eigenvalue weighted by molar-refractivity contribution is 5.69. The molecule has 3 heterocycles. The third-order valence-electron chi connectivity index (χ3n) is 4.58. The molecule has 2 aliphatic heterocycles. The lowest BCUT2D eigenvalue weighted by Gasteiger charge is -2.32. The zero-order valence-electron chi connectivity index (χ0n) is 11.9. The molecule has 0 amide bonds. The standard InChI is InChI=1S/C16H18N4O/c1-9-15-11-8-13(10-4-2-3-5-14(10)21)19-20-16(11)18-12(15)6-7-17-9/h2-5,8-9,12,15,17,21H,6-7H2,1H3,(H,18,20). The topological polar surface area (TPSA) is 70.1 Å². The van der Waals surface area contributed by atoms with Crippen molar-refractivity contribution in [2.45, 2.75) is 31.3 Å². The molecule has 1 aromatic carbocycles.